The molecule has 0 aromatic heterocycles. The monoisotopic (exact) mass is 487 g/mol. The van der Waals surface area contributed by atoms with E-state index in [0.29, 0.717) is 0 Å². The van der Waals surface area contributed by atoms with Gasteiger partial charge in [-0.25, -0.2) is 0 Å². The summed E-state index contributed by atoms with van der Waals surface area (Å²) in [6.45, 7) is 4.69. The van der Waals surface area contributed by atoms with Crippen LogP contribution in [0.3, 0.4) is 0 Å². The van der Waals surface area contributed by atoms with E-state index in [-0.39, 0.29) is 20.5 Å². The van der Waals surface area contributed by atoms with Gasteiger partial charge in [0.05, 0.1) is 0 Å². The molecule has 3 aromatic carbocycles. The van der Waals surface area contributed by atoms with Crippen LogP contribution in [-0.2, 0) is 20.5 Å². The summed E-state index contributed by atoms with van der Waals surface area (Å²) in [7, 11) is -0.975. The van der Waals surface area contributed by atoms with Crippen LogP contribution in [0.5, 0.6) is 0 Å². The molecule has 0 atom stereocenters. The largest absolute Gasteiger partial charge is 0 e. The summed E-state index contributed by atoms with van der Waals surface area (Å²) in [5.41, 5.74) is 1.50. The Labute approximate surface area is 170 Å². The van der Waals surface area contributed by atoms with Crippen molar-refractivity contribution in [2.75, 3.05) is 0 Å². The molecule has 3 aromatic rings. The zero-order chi connectivity index (χ0) is 16.3. The van der Waals surface area contributed by atoms with Crippen LogP contribution >= 0.6 is 7.92 Å². The second-order valence-electron chi connectivity index (χ2n) is 6.28. The van der Waals surface area contributed by atoms with Gasteiger partial charge in [0.15, 0.2) is 0 Å². The van der Waals surface area contributed by atoms with Crippen molar-refractivity contribution in [2.45, 2.75) is 17.3 Å². The van der Waals surface area contributed by atoms with Crippen LogP contribution in [0, 0.1) is 0 Å². The van der Waals surface area contributed by atoms with Gasteiger partial charge in [-0.15, -0.1) is 0 Å². The Hall–Kier alpha value is -0.592. The molecule has 0 aliphatic rings. The van der Waals surface area contributed by atoms with Crippen molar-refractivity contribution in [2.24, 2.45) is 0 Å². The van der Waals surface area contributed by atoms with Crippen molar-refractivity contribution >= 4 is 46.4 Å². The van der Waals surface area contributed by atoms with Gasteiger partial charge in [-0.05, 0) is 0 Å². The van der Waals surface area contributed by atoms with Gasteiger partial charge in [-0.3, -0.25) is 0 Å². The molecule has 0 spiro atoms. The molecular formula is C21H21CuPSn+. The third-order valence-electron chi connectivity index (χ3n) is 3.99. The normalized spacial score (nSPS) is 11.2. The molecule has 3 heteroatoms. The van der Waals surface area contributed by atoms with Crippen LogP contribution in [0.25, 0.3) is 0 Å². The molecule has 0 aliphatic heterocycles. The summed E-state index contributed by atoms with van der Waals surface area (Å²) >= 11 is 1.56. The Morgan fingerprint density at radius 3 is 1.54 bits per heavy atom. The van der Waals surface area contributed by atoms with Crippen molar-refractivity contribution in [1.82, 2.24) is 0 Å². The first-order valence-electron chi connectivity index (χ1n) is 7.90. The third kappa shape index (κ3) is 4.52. The quantitative estimate of drug-likeness (QED) is 0.391. The standard InChI is InChI=1S/C21H20P.Cu.Sn/c1-17(2)20-15-9-10-16-21(20)22(18-11-5-3-6-12-18)19-13-7-4-8-14-19;;/h3-16H,1-2H3;;/p+1. The van der Waals surface area contributed by atoms with Crippen LogP contribution in [-0.4, -0.2) is 22.5 Å². The smallest absolute Gasteiger partial charge is 0 e. The molecule has 0 fully saturated rings. The van der Waals surface area contributed by atoms with Crippen LogP contribution in [0.1, 0.15) is 19.4 Å². The maximum atomic E-state index is 2.35. The molecule has 0 saturated heterocycles. The predicted molar refractivity (Wildman–Crippen MR) is 105 cm³/mol. The van der Waals surface area contributed by atoms with Gasteiger partial charge < -0.3 is 0 Å². The van der Waals surface area contributed by atoms with E-state index >= 15 is 0 Å². The molecule has 124 valence electrons. The first kappa shape index (κ1) is 19.7. The maximum absolute atomic E-state index is 2.35. The number of hydrogen-bond acceptors (Lipinski definition) is 0. The maximum Gasteiger partial charge on any atom is 0 e. The Balaban J connectivity index is 0.00000208. The van der Waals surface area contributed by atoms with Crippen molar-refractivity contribution in [1.29, 1.82) is 0 Å². The van der Waals surface area contributed by atoms with E-state index in [4.69, 9.17) is 0 Å². The fourth-order valence-electron chi connectivity index (χ4n) is 2.93. The summed E-state index contributed by atoms with van der Waals surface area (Å²) in [6, 6.07) is 31.0. The van der Waals surface area contributed by atoms with Crippen LogP contribution in [0.15, 0.2) is 84.9 Å². The fourth-order valence-corrected chi connectivity index (χ4v) is 6.85. The molecular weight excluding hydrogens is 465 g/mol. The number of rotatable bonds is 4. The van der Waals surface area contributed by atoms with E-state index < -0.39 is 7.92 Å². The molecule has 0 N–H and O–H groups in total. The number of hydrogen-bond donors (Lipinski definition) is 0. The molecule has 3 rings (SSSR count). The Bertz CT molecular complexity index is 727. The van der Waals surface area contributed by atoms with E-state index in [9.17, 15) is 0 Å². The molecule has 4 radical (unpaired) electrons. The van der Waals surface area contributed by atoms with E-state index in [2.05, 4.69) is 98.8 Å². The Morgan fingerprint density at radius 1 is 0.667 bits per heavy atom. The third-order valence-corrected chi connectivity index (χ3v) is 7.56. The van der Waals surface area contributed by atoms with Crippen LogP contribution in [0.2, 0.25) is 0 Å². The summed E-state index contributed by atoms with van der Waals surface area (Å²) in [5.74, 6) is 0. The van der Waals surface area contributed by atoms with Crippen molar-refractivity contribution in [3.05, 3.63) is 90.5 Å². The van der Waals surface area contributed by atoms with Crippen molar-refractivity contribution in [3.63, 3.8) is 0 Å². The second-order valence-corrected chi connectivity index (χ2v) is 12.3. The molecule has 0 amide bonds. The van der Waals surface area contributed by atoms with Gasteiger partial charge in [0, 0.05) is 17.1 Å². The molecule has 0 heterocycles. The minimum absolute atomic E-state index is 0. The molecule has 0 bridgehead atoms. The van der Waals surface area contributed by atoms with Gasteiger partial charge in [0.25, 0.3) is 0 Å². The average Bonchev–Trinajstić information content (AvgIpc) is 2.57. The van der Waals surface area contributed by atoms with Gasteiger partial charge in [0.1, 0.15) is 0 Å². The Kier molecular flexibility index (Phi) is 7.13. The molecule has 0 nitrogen and oxygen atoms in total. The van der Waals surface area contributed by atoms with E-state index in [1.54, 1.807) is 22.5 Å². The van der Waals surface area contributed by atoms with E-state index in [0.717, 1.165) is 0 Å². The van der Waals surface area contributed by atoms with Crippen molar-refractivity contribution < 1.29 is 17.1 Å². The minimum atomic E-state index is -0.975. The summed E-state index contributed by atoms with van der Waals surface area (Å²) < 4.78 is 0.239. The predicted octanol–water partition coefficient (Wildman–Crippen LogP) is 3.58. The molecule has 0 saturated carbocycles. The summed E-state index contributed by atoms with van der Waals surface area (Å²) in [4.78, 5) is 0. The van der Waals surface area contributed by atoms with Crippen LogP contribution < -0.4 is 15.9 Å². The van der Waals surface area contributed by atoms with Crippen molar-refractivity contribution in [3.8, 4) is 0 Å². The first-order chi connectivity index (χ1) is 11.1. The van der Waals surface area contributed by atoms with Gasteiger partial charge in [0.2, 0.25) is 0 Å². The van der Waals surface area contributed by atoms with E-state index in [1.807, 2.05) is 0 Å². The average molecular weight is 487 g/mol. The SMILES string of the molecule is C[C](C)([Sn])c1ccccc1[PH+](c1ccccc1)c1ccccc1.[Cu]. The fraction of sp³-hybridized carbons (Fsp3) is 0.143. The summed E-state index contributed by atoms with van der Waals surface area (Å²) in [6.07, 6.45) is 0. The first-order valence-corrected chi connectivity index (χ1v) is 10.8. The number of benzene rings is 3. The molecule has 24 heavy (non-hydrogen) atoms. The van der Waals surface area contributed by atoms with E-state index in [1.165, 1.54) is 21.5 Å². The zero-order valence-corrected chi connectivity index (χ0v) is 18.7. The zero-order valence-electron chi connectivity index (χ0n) is 13.9. The van der Waals surface area contributed by atoms with Crippen LogP contribution in [0.4, 0.5) is 0 Å². The topological polar surface area (TPSA) is 0 Å². The van der Waals surface area contributed by atoms with Gasteiger partial charge >= 0.3 is 154 Å². The molecule has 0 aliphatic carbocycles. The van der Waals surface area contributed by atoms with Gasteiger partial charge in [-0.2, -0.15) is 0 Å². The minimum Gasteiger partial charge on any atom is 0 e. The second kappa shape index (κ2) is 8.67. The molecule has 0 unspecified atom stereocenters. The van der Waals surface area contributed by atoms with Gasteiger partial charge in [-0.1, -0.05) is 0 Å². The summed E-state index contributed by atoms with van der Waals surface area (Å²) in [5, 5.41) is 4.43. The Morgan fingerprint density at radius 2 is 1.08 bits per heavy atom.